The molecule has 5 heteroatoms. The zero-order chi connectivity index (χ0) is 16.2. The number of rotatable bonds is 12. The number of aromatic hydroxyl groups is 2. The molecule has 0 saturated carbocycles. The highest BCUT2D eigenvalue weighted by Gasteiger charge is 2.11. The largest absolute Gasteiger partial charge is 0.492 e. The number of aromatic nitrogens is 1. The highest BCUT2D eigenvalue weighted by molar-refractivity contribution is 5.69. The molecule has 22 heavy (non-hydrogen) atoms. The molecule has 0 amide bonds. The second kappa shape index (κ2) is 11.0. The van der Waals surface area contributed by atoms with Crippen LogP contribution < -0.4 is 4.84 Å². The van der Waals surface area contributed by atoms with Gasteiger partial charge in [0, 0.05) is 18.6 Å². The van der Waals surface area contributed by atoms with Crippen LogP contribution in [-0.2, 0) is 4.79 Å². The molecule has 1 rings (SSSR count). The van der Waals surface area contributed by atoms with Crippen LogP contribution in [-0.4, -0.2) is 20.9 Å². The Bertz CT molecular complexity index is 409. The van der Waals surface area contributed by atoms with Crippen molar-refractivity contribution in [3.05, 3.63) is 12.1 Å². The zero-order valence-electron chi connectivity index (χ0n) is 13.6. The van der Waals surface area contributed by atoms with E-state index in [2.05, 4.69) is 6.92 Å². The molecule has 1 aromatic heterocycles. The lowest BCUT2D eigenvalue weighted by Crippen LogP contribution is -2.18. The monoisotopic (exact) mass is 311 g/mol. The van der Waals surface area contributed by atoms with Crippen molar-refractivity contribution in [2.24, 2.45) is 0 Å². The number of nitrogens with zero attached hydrogens (tertiary/aromatic N) is 1. The maximum Gasteiger partial charge on any atom is 0.333 e. The van der Waals surface area contributed by atoms with Gasteiger partial charge < -0.3 is 15.1 Å². The van der Waals surface area contributed by atoms with Gasteiger partial charge in [-0.05, 0) is 6.42 Å². The van der Waals surface area contributed by atoms with E-state index in [1.807, 2.05) is 0 Å². The van der Waals surface area contributed by atoms with Gasteiger partial charge in [0.2, 0.25) is 11.8 Å². The molecular weight excluding hydrogens is 282 g/mol. The van der Waals surface area contributed by atoms with Crippen molar-refractivity contribution in [1.29, 1.82) is 0 Å². The molecule has 0 atom stereocenters. The molecule has 0 aliphatic carbocycles. The molecule has 2 N–H and O–H groups in total. The predicted molar refractivity (Wildman–Crippen MR) is 85.8 cm³/mol. The minimum absolute atomic E-state index is 0.283. The average molecular weight is 311 g/mol. The van der Waals surface area contributed by atoms with Gasteiger partial charge in [-0.15, -0.1) is 4.73 Å². The van der Waals surface area contributed by atoms with Crippen LogP contribution in [0.3, 0.4) is 0 Å². The molecule has 5 nitrogen and oxygen atoms in total. The molecule has 126 valence electrons. The SMILES string of the molecule is CCCCCCCCCCCCC(=O)On1c(O)ccc1O. The van der Waals surface area contributed by atoms with Gasteiger partial charge in [-0.25, -0.2) is 4.79 Å². The fraction of sp³-hybridized carbons (Fsp3) is 0.706. The van der Waals surface area contributed by atoms with E-state index in [4.69, 9.17) is 4.84 Å². The van der Waals surface area contributed by atoms with Gasteiger partial charge in [0.05, 0.1) is 0 Å². The number of carbonyl (C=O) groups excluding carboxylic acids is 1. The van der Waals surface area contributed by atoms with Crippen molar-refractivity contribution in [2.75, 3.05) is 0 Å². The Balaban J connectivity index is 1.97. The van der Waals surface area contributed by atoms with Crippen LogP contribution in [0.4, 0.5) is 0 Å². The molecule has 0 aliphatic rings. The topological polar surface area (TPSA) is 71.7 Å². The Morgan fingerprint density at radius 1 is 0.909 bits per heavy atom. The lowest BCUT2D eigenvalue weighted by Gasteiger charge is -2.06. The van der Waals surface area contributed by atoms with E-state index < -0.39 is 5.97 Å². The fourth-order valence-corrected chi connectivity index (χ4v) is 2.40. The van der Waals surface area contributed by atoms with Gasteiger partial charge in [0.15, 0.2) is 0 Å². The molecule has 0 radical (unpaired) electrons. The first kappa shape index (κ1) is 18.4. The third-order valence-electron chi connectivity index (χ3n) is 3.73. The van der Waals surface area contributed by atoms with E-state index in [0.717, 1.165) is 24.0 Å². The summed E-state index contributed by atoms with van der Waals surface area (Å²) in [4.78, 5) is 16.5. The second-order valence-electron chi connectivity index (χ2n) is 5.74. The summed E-state index contributed by atoms with van der Waals surface area (Å²) in [5.41, 5.74) is 0. The average Bonchev–Trinajstić information content (AvgIpc) is 2.81. The van der Waals surface area contributed by atoms with Crippen LogP contribution in [0.5, 0.6) is 11.8 Å². The summed E-state index contributed by atoms with van der Waals surface area (Å²) >= 11 is 0. The van der Waals surface area contributed by atoms with Crippen molar-refractivity contribution in [2.45, 2.75) is 77.6 Å². The Labute approximate surface area is 132 Å². The van der Waals surface area contributed by atoms with Crippen LogP contribution in [0, 0.1) is 0 Å². The van der Waals surface area contributed by atoms with Crippen LogP contribution in [0.15, 0.2) is 12.1 Å². The molecule has 0 fully saturated rings. The molecular formula is C17H29NO4. The molecule has 0 unspecified atom stereocenters. The number of carbonyl (C=O) groups is 1. The summed E-state index contributed by atoms with van der Waals surface area (Å²) in [7, 11) is 0. The van der Waals surface area contributed by atoms with Crippen molar-refractivity contribution >= 4 is 5.97 Å². The molecule has 0 aromatic carbocycles. The Morgan fingerprint density at radius 3 is 1.86 bits per heavy atom. The normalized spacial score (nSPS) is 10.8. The zero-order valence-corrected chi connectivity index (χ0v) is 13.6. The van der Waals surface area contributed by atoms with E-state index in [9.17, 15) is 15.0 Å². The summed E-state index contributed by atoms with van der Waals surface area (Å²) in [5, 5.41) is 18.7. The highest BCUT2D eigenvalue weighted by Crippen LogP contribution is 2.19. The van der Waals surface area contributed by atoms with Gasteiger partial charge in [0.25, 0.3) is 0 Å². The van der Waals surface area contributed by atoms with Gasteiger partial charge >= 0.3 is 5.97 Å². The number of unbranched alkanes of at least 4 members (excludes halogenated alkanes) is 9. The van der Waals surface area contributed by atoms with E-state index in [1.165, 1.54) is 57.1 Å². The highest BCUT2D eigenvalue weighted by atomic mass is 16.7. The molecule has 1 aromatic rings. The maximum absolute atomic E-state index is 11.6. The Hall–Kier alpha value is -1.65. The quantitative estimate of drug-likeness (QED) is 0.568. The predicted octanol–water partition coefficient (Wildman–Crippen LogP) is 4.17. The van der Waals surface area contributed by atoms with Gasteiger partial charge in [0.1, 0.15) is 0 Å². The first-order valence-corrected chi connectivity index (χ1v) is 8.46. The number of hydrogen-bond acceptors (Lipinski definition) is 4. The van der Waals surface area contributed by atoms with Crippen LogP contribution in [0.25, 0.3) is 0 Å². The third kappa shape index (κ3) is 7.38. The molecule has 0 saturated heterocycles. The second-order valence-corrected chi connectivity index (χ2v) is 5.74. The smallest absolute Gasteiger partial charge is 0.333 e. The van der Waals surface area contributed by atoms with E-state index in [0.29, 0.717) is 6.42 Å². The number of hydrogen-bond donors (Lipinski definition) is 2. The van der Waals surface area contributed by atoms with Gasteiger partial charge in [-0.3, -0.25) is 0 Å². The van der Waals surface area contributed by atoms with E-state index >= 15 is 0 Å². The lowest BCUT2D eigenvalue weighted by molar-refractivity contribution is -0.145. The summed E-state index contributed by atoms with van der Waals surface area (Å²) in [5.74, 6) is -1.01. The summed E-state index contributed by atoms with van der Waals surface area (Å²) in [6.07, 6.45) is 12.3. The standard InChI is InChI=1S/C17H29NO4/c1-2-3-4-5-6-7-8-9-10-11-12-17(21)22-18-15(19)13-14-16(18)20/h13-14,19-20H,2-12H2,1H3. The maximum atomic E-state index is 11.6. The van der Waals surface area contributed by atoms with Gasteiger partial charge in [-0.2, -0.15) is 0 Å². The molecule has 0 bridgehead atoms. The van der Waals surface area contributed by atoms with Crippen molar-refractivity contribution in [1.82, 2.24) is 4.73 Å². The fourth-order valence-electron chi connectivity index (χ4n) is 2.40. The van der Waals surface area contributed by atoms with Gasteiger partial charge in [-0.1, -0.05) is 64.7 Å². The Morgan fingerprint density at radius 2 is 1.36 bits per heavy atom. The van der Waals surface area contributed by atoms with E-state index in [-0.39, 0.29) is 11.8 Å². The minimum atomic E-state index is -0.443. The summed E-state index contributed by atoms with van der Waals surface area (Å²) in [6, 6.07) is 2.53. The van der Waals surface area contributed by atoms with Crippen LogP contribution >= 0.6 is 0 Å². The first-order chi connectivity index (χ1) is 10.6. The summed E-state index contributed by atoms with van der Waals surface area (Å²) < 4.78 is 0.735. The molecule has 0 spiro atoms. The van der Waals surface area contributed by atoms with Crippen LogP contribution in [0.1, 0.15) is 77.6 Å². The third-order valence-corrected chi connectivity index (χ3v) is 3.73. The Kier molecular flexibility index (Phi) is 9.19. The van der Waals surface area contributed by atoms with Crippen molar-refractivity contribution < 1.29 is 19.8 Å². The van der Waals surface area contributed by atoms with E-state index in [1.54, 1.807) is 0 Å². The summed E-state index contributed by atoms with van der Waals surface area (Å²) in [6.45, 7) is 2.23. The van der Waals surface area contributed by atoms with Crippen LogP contribution in [0.2, 0.25) is 0 Å². The molecule has 0 aliphatic heterocycles. The minimum Gasteiger partial charge on any atom is -0.492 e. The molecule has 1 heterocycles. The van der Waals surface area contributed by atoms with Crippen molar-refractivity contribution in [3.63, 3.8) is 0 Å². The van der Waals surface area contributed by atoms with Crippen molar-refractivity contribution in [3.8, 4) is 11.8 Å². The lowest BCUT2D eigenvalue weighted by atomic mass is 10.1. The first-order valence-electron chi connectivity index (χ1n) is 8.46.